The zero-order chi connectivity index (χ0) is 13.0. The molecule has 0 heterocycles. The van der Waals surface area contributed by atoms with E-state index in [1.165, 1.54) is 6.07 Å². The minimum absolute atomic E-state index is 0.00924. The van der Waals surface area contributed by atoms with Crippen LogP contribution < -0.4 is 11.1 Å². The number of nitro benzene ring substituents is 1. The molecule has 0 saturated heterocycles. The highest BCUT2D eigenvalue weighted by Crippen LogP contribution is 2.23. The van der Waals surface area contributed by atoms with Crippen LogP contribution in [0.4, 0.5) is 11.4 Å². The first-order valence-corrected chi connectivity index (χ1v) is 5.29. The number of nitro groups is 1. The number of hydrogen-bond acceptors (Lipinski definition) is 4. The molecule has 92 valence electrons. The molecule has 3 N–H and O–H groups in total. The summed E-state index contributed by atoms with van der Waals surface area (Å²) in [6.45, 7) is 3.38. The van der Waals surface area contributed by atoms with Crippen LogP contribution >= 0.6 is 0 Å². The Hall–Kier alpha value is -1.95. The van der Waals surface area contributed by atoms with E-state index in [0.717, 1.165) is 0 Å². The number of aryl methyl sites for hydroxylation is 1. The summed E-state index contributed by atoms with van der Waals surface area (Å²) in [4.78, 5) is 21.7. The van der Waals surface area contributed by atoms with Gasteiger partial charge in [0.1, 0.15) is 0 Å². The molecule has 6 nitrogen and oxygen atoms in total. The van der Waals surface area contributed by atoms with Crippen molar-refractivity contribution in [2.24, 2.45) is 5.73 Å². The molecule has 0 saturated carbocycles. The Morgan fingerprint density at radius 3 is 2.71 bits per heavy atom. The fourth-order valence-corrected chi connectivity index (χ4v) is 1.37. The van der Waals surface area contributed by atoms with E-state index in [1.807, 2.05) is 6.92 Å². The lowest BCUT2D eigenvalue weighted by molar-refractivity contribution is -0.385. The quantitative estimate of drug-likeness (QED) is 0.611. The highest BCUT2D eigenvalue weighted by Gasteiger charge is 2.15. The maximum absolute atomic E-state index is 11.3. The Morgan fingerprint density at radius 1 is 1.59 bits per heavy atom. The van der Waals surface area contributed by atoms with Gasteiger partial charge in [-0.3, -0.25) is 14.9 Å². The van der Waals surface area contributed by atoms with E-state index in [-0.39, 0.29) is 11.6 Å². The van der Waals surface area contributed by atoms with Crippen molar-refractivity contribution < 1.29 is 9.72 Å². The van der Waals surface area contributed by atoms with Crippen molar-refractivity contribution in [2.75, 3.05) is 5.32 Å². The van der Waals surface area contributed by atoms with Crippen LogP contribution in [0.15, 0.2) is 18.2 Å². The van der Waals surface area contributed by atoms with Gasteiger partial charge in [-0.05, 0) is 19.4 Å². The Balaban J connectivity index is 3.00. The average molecular weight is 237 g/mol. The van der Waals surface area contributed by atoms with Gasteiger partial charge < -0.3 is 11.1 Å². The van der Waals surface area contributed by atoms with Crippen molar-refractivity contribution in [3.8, 4) is 0 Å². The third-order valence-electron chi connectivity index (χ3n) is 2.34. The smallest absolute Gasteiger partial charge is 0.274 e. The van der Waals surface area contributed by atoms with Crippen LogP contribution in [0, 0.1) is 10.1 Å². The van der Waals surface area contributed by atoms with E-state index in [1.54, 1.807) is 19.1 Å². The molecular weight excluding hydrogens is 222 g/mol. The molecule has 17 heavy (non-hydrogen) atoms. The first kappa shape index (κ1) is 13.1. The molecule has 0 radical (unpaired) electrons. The molecule has 1 rings (SSSR count). The number of anilines is 1. The summed E-state index contributed by atoms with van der Waals surface area (Å²) in [5, 5.41) is 13.3. The van der Waals surface area contributed by atoms with Gasteiger partial charge in [-0.15, -0.1) is 0 Å². The summed E-state index contributed by atoms with van der Waals surface area (Å²) in [5.41, 5.74) is 6.42. The monoisotopic (exact) mass is 237 g/mol. The highest BCUT2D eigenvalue weighted by molar-refractivity contribution is 5.94. The molecule has 0 aromatic heterocycles. The van der Waals surface area contributed by atoms with Gasteiger partial charge in [-0.1, -0.05) is 13.0 Å². The van der Waals surface area contributed by atoms with E-state index >= 15 is 0 Å². The summed E-state index contributed by atoms with van der Waals surface area (Å²) in [6.07, 6.45) is 0.567. The summed E-state index contributed by atoms with van der Waals surface area (Å²) in [7, 11) is 0. The number of benzene rings is 1. The Morgan fingerprint density at radius 2 is 2.24 bits per heavy atom. The van der Waals surface area contributed by atoms with Crippen molar-refractivity contribution in [3.63, 3.8) is 0 Å². The van der Waals surface area contributed by atoms with Crippen LogP contribution in [0.1, 0.15) is 19.4 Å². The van der Waals surface area contributed by atoms with Gasteiger partial charge in [-0.25, -0.2) is 0 Å². The van der Waals surface area contributed by atoms with Gasteiger partial charge in [-0.2, -0.15) is 0 Å². The van der Waals surface area contributed by atoms with Gasteiger partial charge in [0.15, 0.2) is 0 Å². The molecular formula is C11H15N3O3. The third kappa shape index (κ3) is 3.25. The van der Waals surface area contributed by atoms with Crippen LogP contribution in [0.5, 0.6) is 0 Å². The number of rotatable bonds is 4. The number of amides is 1. The maximum Gasteiger partial charge on any atom is 0.274 e. The molecule has 1 unspecified atom stereocenters. The van der Waals surface area contributed by atoms with E-state index in [2.05, 4.69) is 5.32 Å². The fraction of sp³-hybridized carbons (Fsp3) is 0.364. The number of carbonyl (C=O) groups excluding carboxylic acids is 1. The van der Waals surface area contributed by atoms with Crippen molar-refractivity contribution in [1.82, 2.24) is 0 Å². The Bertz CT molecular complexity index is 444. The van der Waals surface area contributed by atoms with Crippen molar-refractivity contribution in [1.29, 1.82) is 0 Å². The fourth-order valence-electron chi connectivity index (χ4n) is 1.37. The van der Waals surface area contributed by atoms with Crippen LogP contribution in [-0.4, -0.2) is 16.9 Å². The van der Waals surface area contributed by atoms with Crippen molar-refractivity contribution >= 4 is 17.3 Å². The van der Waals surface area contributed by atoms with Crippen molar-refractivity contribution in [2.45, 2.75) is 26.3 Å². The van der Waals surface area contributed by atoms with Gasteiger partial charge in [0.25, 0.3) is 5.69 Å². The normalized spacial score (nSPS) is 11.9. The lowest BCUT2D eigenvalue weighted by Crippen LogP contribution is -2.32. The topological polar surface area (TPSA) is 98.3 Å². The minimum atomic E-state index is -0.653. The zero-order valence-corrected chi connectivity index (χ0v) is 9.77. The average Bonchev–Trinajstić information content (AvgIpc) is 2.28. The molecule has 0 bridgehead atoms. The summed E-state index contributed by atoms with van der Waals surface area (Å²) >= 11 is 0. The largest absolute Gasteiger partial charge is 0.324 e. The lowest BCUT2D eigenvalue weighted by Gasteiger charge is -2.08. The predicted octanol–water partition coefficient (Wildman–Crippen LogP) is 1.44. The molecule has 0 fully saturated rings. The highest BCUT2D eigenvalue weighted by atomic mass is 16.6. The standard InChI is InChI=1S/C11H15N3O3/c1-3-8-4-5-9(6-10(8)14(16)17)13-11(15)7(2)12/h4-7H,3,12H2,1-2H3,(H,13,15). The van der Waals surface area contributed by atoms with Crippen LogP contribution in [0.25, 0.3) is 0 Å². The summed E-state index contributed by atoms with van der Waals surface area (Å²) < 4.78 is 0. The minimum Gasteiger partial charge on any atom is -0.324 e. The van der Waals surface area contributed by atoms with Gasteiger partial charge in [0.2, 0.25) is 5.91 Å². The Kier molecular flexibility index (Phi) is 4.17. The second kappa shape index (κ2) is 5.40. The lowest BCUT2D eigenvalue weighted by atomic mass is 10.1. The SMILES string of the molecule is CCc1ccc(NC(=O)C(C)N)cc1[N+](=O)[O-]. The number of hydrogen-bond donors (Lipinski definition) is 2. The first-order chi connectivity index (χ1) is 7.95. The first-order valence-electron chi connectivity index (χ1n) is 5.29. The van der Waals surface area contributed by atoms with Gasteiger partial charge in [0.05, 0.1) is 11.0 Å². The maximum atomic E-state index is 11.3. The number of nitrogens with zero attached hydrogens (tertiary/aromatic N) is 1. The third-order valence-corrected chi connectivity index (χ3v) is 2.34. The Labute approximate surface area is 99.0 Å². The second-order valence-electron chi connectivity index (χ2n) is 3.73. The van der Waals surface area contributed by atoms with Crippen LogP contribution in [0.3, 0.4) is 0 Å². The summed E-state index contributed by atoms with van der Waals surface area (Å²) in [5.74, 6) is -0.372. The molecule has 0 aliphatic rings. The van der Waals surface area contributed by atoms with Crippen LogP contribution in [0.2, 0.25) is 0 Å². The predicted molar refractivity (Wildman–Crippen MR) is 64.8 cm³/mol. The van der Waals surface area contributed by atoms with E-state index in [9.17, 15) is 14.9 Å². The van der Waals surface area contributed by atoms with Crippen molar-refractivity contribution in [3.05, 3.63) is 33.9 Å². The number of carbonyl (C=O) groups is 1. The molecule has 1 aromatic rings. The molecule has 0 spiro atoms. The molecule has 1 atom stereocenters. The molecule has 0 aliphatic carbocycles. The zero-order valence-electron chi connectivity index (χ0n) is 9.77. The van der Waals surface area contributed by atoms with E-state index in [4.69, 9.17) is 5.73 Å². The molecule has 6 heteroatoms. The second-order valence-corrected chi connectivity index (χ2v) is 3.73. The summed E-state index contributed by atoms with van der Waals surface area (Å²) in [6, 6.07) is 3.96. The van der Waals surface area contributed by atoms with E-state index < -0.39 is 11.0 Å². The molecule has 0 aliphatic heterocycles. The number of nitrogens with two attached hydrogens (primary N) is 1. The van der Waals surface area contributed by atoms with E-state index in [0.29, 0.717) is 17.7 Å². The van der Waals surface area contributed by atoms with Gasteiger partial charge >= 0.3 is 0 Å². The molecule has 1 amide bonds. The number of nitrogens with one attached hydrogen (secondary N) is 1. The van der Waals surface area contributed by atoms with Gasteiger partial charge in [0, 0.05) is 17.3 Å². The molecule has 1 aromatic carbocycles. The van der Waals surface area contributed by atoms with Crippen LogP contribution in [-0.2, 0) is 11.2 Å².